The number of aromatic nitrogens is 4. The molecule has 2 aromatic rings. The average Bonchev–Trinajstić information content (AvgIpc) is 2.86. The monoisotopic (exact) mass is 191 g/mol. The fraction of sp³-hybridized carbons (Fsp3) is 0.333. The third kappa shape index (κ3) is 2.43. The highest BCUT2D eigenvalue weighted by Crippen LogP contribution is 1.94. The minimum atomic E-state index is 0.879. The highest BCUT2D eigenvalue weighted by atomic mass is 15.2. The van der Waals surface area contributed by atoms with Gasteiger partial charge in [0.15, 0.2) is 0 Å². The van der Waals surface area contributed by atoms with Gasteiger partial charge in [0.1, 0.15) is 12.2 Å². The molecule has 14 heavy (non-hydrogen) atoms. The summed E-state index contributed by atoms with van der Waals surface area (Å²) in [6.45, 7) is 1.79. The molecular formula is C9H13N5. The van der Waals surface area contributed by atoms with Crippen LogP contribution in [0.3, 0.4) is 0 Å². The Morgan fingerprint density at radius 2 is 2.43 bits per heavy atom. The average molecular weight is 191 g/mol. The molecule has 3 N–H and O–H groups in total. The summed E-state index contributed by atoms with van der Waals surface area (Å²) in [6, 6.07) is 2.06. The third-order valence-corrected chi connectivity index (χ3v) is 1.99. The fourth-order valence-electron chi connectivity index (χ4n) is 1.26. The van der Waals surface area contributed by atoms with Crippen molar-refractivity contribution in [3.8, 4) is 0 Å². The summed E-state index contributed by atoms with van der Waals surface area (Å²) < 4.78 is 0. The van der Waals surface area contributed by atoms with Gasteiger partial charge in [-0.15, -0.1) is 0 Å². The van der Waals surface area contributed by atoms with E-state index in [4.69, 9.17) is 0 Å². The van der Waals surface area contributed by atoms with Crippen molar-refractivity contribution >= 4 is 0 Å². The lowest BCUT2D eigenvalue weighted by Gasteiger charge is -2.00. The molecule has 5 heteroatoms. The molecule has 2 aromatic heterocycles. The van der Waals surface area contributed by atoms with Crippen LogP contribution in [0.15, 0.2) is 24.8 Å². The predicted molar refractivity (Wildman–Crippen MR) is 52.6 cm³/mol. The van der Waals surface area contributed by atoms with Gasteiger partial charge in [0.25, 0.3) is 0 Å². The second-order valence-corrected chi connectivity index (χ2v) is 3.08. The molecule has 0 unspecified atom stereocenters. The smallest absolute Gasteiger partial charge is 0.137 e. The Labute approximate surface area is 82.0 Å². The molecule has 0 aliphatic heterocycles. The lowest BCUT2D eigenvalue weighted by molar-refractivity contribution is 0.672. The molecule has 74 valence electrons. The number of rotatable bonds is 5. The Morgan fingerprint density at radius 1 is 1.43 bits per heavy atom. The first kappa shape index (κ1) is 8.96. The van der Waals surface area contributed by atoms with Gasteiger partial charge in [0, 0.05) is 31.9 Å². The summed E-state index contributed by atoms with van der Waals surface area (Å²) in [5, 5.41) is 9.92. The van der Waals surface area contributed by atoms with Crippen LogP contribution in [0.2, 0.25) is 0 Å². The first-order valence-electron chi connectivity index (χ1n) is 4.62. The molecule has 0 bridgehead atoms. The molecule has 0 aliphatic carbocycles. The molecule has 0 amide bonds. The summed E-state index contributed by atoms with van der Waals surface area (Å²) in [5.41, 5.74) is 1.27. The van der Waals surface area contributed by atoms with Crippen LogP contribution in [0.4, 0.5) is 0 Å². The molecule has 0 radical (unpaired) electrons. The van der Waals surface area contributed by atoms with Crippen molar-refractivity contribution in [2.75, 3.05) is 6.54 Å². The molecule has 0 atom stereocenters. The Hall–Kier alpha value is -1.62. The van der Waals surface area contributed by atoms with E-state index in [1.54, 1.807) is 0 Å². The van der Waals surface area contributed by atoms with Crippen molar-refractivity contribution in [2.45, 2.75) is 13.0 Å². The second kappa shape index (κ2) is 4.57. The quantitative estimate of drug-likeness (QED) is 0.601. The summed E-state index contributed by atoms with van der Waals surface area (Å²) in [7, 11) is 0. The maximum atomic E-state index is 4.04. The Kier molecular flexibility index (Phi) is 2.92. The van der Waals surface area contributed by atoms with E-state index in [0.717, 1.165) is 25.3 Å². The van der Waals surface area contributed by atoms with E-state index >= 15 is 0 Å². The number of hydrogen-bond donors (Lipinski definition) is 3. The fourth-order valence-corrected chi connectivity index (χ4v) is 1.26. The van der Waals surface area contributed by atoms with E-state index in [-0.39, 0.29) is 0 Å². The molecule has 0 saturated heterocycles. The number of nitrogens with zero attached hydrogens (tertiary/aromatic N) is 2. The van der Waals surface area contributed by atoms with Crippen molar-refractivity contribution in [3.63, 3.8) is 0 Å². The van der Waals surface area contributed by atoms with E-state index in [0.29, 0.717) is 0 Å². The van der Waals surface area contributed by atoms with Crippen LogP contribution in [0.1, 0.15) is 11.4 Å². The molecule has 0 spiro atoms. The molecule has 2 heterocycles. The van der Waals surface area contributed by atoms with Crippen LogP contribution in [0.5, 0.6) is 0 Å². The highest BCUT2D eigenvalue weighted by Gasteiger charge is 1.95. The van der Waals surface area contributed by atoms with Gasteiger partial charge in [-0.25, -0.2) is 4.98 Å². The van der Waals surface area contributed by atoms with E-state index in [9.17, 15) is 0 Å². The lowest BCUT2D eigenvalue weighted by atomic mass is 10.3. The molecule has 2 rings (SSSR count). The minimum Gasteiger partial charge on any atom is -0.367 e. The van der Waals surface area contributed by atoms with Gasteiger partial charge >= 0.3 is 0 Å². The molecule has 5 nitrogen and oxygen atoms in total. The van der Waals surface area contributed by atoms with E-state index in [1.165, 1.54) is 11.9 Å². The summed E-state index contributed by atoms with van der Waals surface area (Å²) >= 11 is 0. The van der Waals surface area contributed by atoms with Crippen molar-refractivity contribution in [2.24, 2.45) is 0 Å². The zero-order valence-electron chi connectivity index (χ0n) is 7.83. The molecule has 0 aromatic carbocycles. The maximum absolute atomic E-state index is 4.04. The standard InChI is InChI=1S/C9H13N5/c1-3-10-5-8(1)6-11-4-2-9-12-7-13-14-9/h1,3,5,7,10-11H,2,4,6H2,(H,12,13,14). The van der Waals surface area contributed by atoms with Crippen molar-refractivity contribution < 1.29 is 0 Å². The number of aromatic amines is 2. The molecule has 0 fully saturated rings. The van der Waals surface area contributed by atoms with Gasteiger partial charge in [-0.05, 0) is 11.6 Å². The van der Waals surface area contributed by atoms with Crippen LogP contribution in [-0.4, -0.2) is 26.7 Å². The van der Waals surface area contributed by atoms with E-state index in [1.807, 2.05) is 12.4 Å². The lowest BCUT2D eigenvalue weighted by Crippen LogP contribution is -2.16. The van der Waals surface area contributed by atoms with Crippen LogP contribution in [-0.2, 0) is 13.0 Å². The topological polar surface area (TPSA) is 69.4 Å². The predicted octanol–water partition coefficient (Wildman–Crippen LogP) is 0.465. The first-order valence-corrected chi connectivity index (χ1v) is 4.62. The zero-order valence-corrected chi connectivity index (χ0v) is 7.83. The van der Waals surface area contributed by atoms with Gasteiger partial charge in [-0.3, -0.25) is 5.10 Å². The van der Waals surface area contributed by atoms with Crippen LogP contribution >= 0.6 is 0 Å². The molecule has 0 aliphatic rings. The maximum Gasteiger partial charge on any atom is 0.137 e. The highest BCUT2D eigenvalue weighted by molar-refractivity contribution is 5.07. The van der Waals surface area contributed by atoms with Crippen molar-refractivity contribution in [3.05, 3.63) is 36.2 Å². The van der Waals surface area contributed by atoms with Crippen LogP contribution < -0.4 is 5.32 Å². The Morgan fingerprint density at radius 3 is 3.14 bits per heavy atom. The van der Waals surface area contributed by atoms with Crippen LogP contribution in [0.25, 0.3) is 0 Å². The van der Waals surface area contributed by atoms with Crippen molar-refractivity contribution in [1.82, 2.24) is 25.5 Å². The zero-order chi connectivity index (χ0) is 9.64. The number of hydrogen-bond acceptors (Lipinski definition) is 3. The number of H-pyrrole nitrogens is 2. The molecule has 0 saturated carbocycles. The summed E-state index contributed by atoms with van der Waals surface area (Å²) in [4.78, 5) is 7.05. The van der Waals surface area contributed by atoms with Crippen LogP contribution in [0, 0.1) is 0 Å². The number of nitrogens with one attached hydrogen (secondary N) is 3. The Balaban J connectivity index is 1.65. The van der Waals surface area contributed by atoms with Gasteiger partial charge in [-0.1, -0.05) is 0 Å². The third-order valence-electron chi connectivity index (χ3n) is 1.99. The minimum absolute atomic E-state index is 0.879. The van der Waals surface area contributed by atoms with Gasteiger partial charge in [-0.2, -0.15) is 5.10 Å². The van der Waals surface area contributed by atoms with Gasteiger partial charge < -0.3 is 10.3 Å². The van der Waals surface area contributed by atoms with Crippen molar-refractivity contribution in [1.29, 1.82) is 0 Å². The van der Waals surface area contributed by atoms with E-state index in [2.05, 4.69) is 31.5 Å². The Bertz CT molecular complexity index is 301. The van der Waals surface area contributed by atoms with E-state index < -0.39 is 0 Å². The van der Waals surface area contributed by atoms with Gasteiger partial charge in [0.2, 0.25) is 0 Å². The summed E-state index contributed by atoms with van der Waals surface area (Å²) in [5.74, 6) is 0.923. The summed E-state index contributed by atoms with van der Waals surface area (Å²) in [6.07, 6.45) is 6.32. The largest absolute Gasteiger partial charge is 0.367 e. The SMILES string of the molecule is c1n[nH]c(CCNCc2cc[nH]c2)n1. The second-order valence-electron chi connectivity index (χ2n) is 3.08. The first-order chi connectivity index (χ1) is 6.95. The normalized spacial score (nSPS) is 10.6. The van der Waals surface area contributed by atoms with Gasteiger partial charge in [0.05, 0.1) is 0 Å². The molecular weight excluding hydrogens is 178 g/mol.